The molecule has 0 saturated heterocycles. The molecule has 64 heavy (non-hydrogen) atoms. The van der Waals surface area contributed by atoms with E-state index in [2.05, 4.69) is 217 Å². The molecule has 7 aromatic carbocycles. The maximum atomic E-state index is 6.58. The van der Waals surface area contributed by atoms with E-state index in [1.165, 1.54) is 104 Å². The van der Waals surface area contributed by atoms with Gasteiger partial charge in [0.2, 0.25) is 0 Å². The standard InChI is InChI=1S/C59H58BN3O/c1-37-31-51-55-52(32-37)62(41-24-26-44-43-19-10-13-22-53(43)64-54(44)36-41)49-34-39(57(5,6)7)23-27-46(49)60(55)47-28-25-42(35-50(47)61(51)40-18-16-17-38(33-40)56(2,3)4)63-48-21-12-11-20-45(48)58(8)29-14-15-30-59(58,63)9/h10-13,16-28,31-36H,14-15,29-30H2,1-9H3. The van der Waals surface area contributed by atoms with Gasteiger partial charge in [0.15, 0.2) is 0 Å². The Bertz CT molecular complexity index is 3240. The minimum Gasteiger partial charge on any atom is -0.456 e. The molecule has 0 spiro atoms. The van der Waals surface area contributed by atoms with Gasteiger partial charge in [0.25, 0.3) is 6.71 Å². The first-order valence-electron chi connectivity index (χ1n) is 23.6. The van der Waals surface area contributed by atoms with E-state index >= 15 is 0 Å². The van der Waals surface area contributed by atoms with Gasteiger partial charge in [-0.05, 0) is 143 Å². The fourth-order valence-corrected chi connectivity index (χ4v) is 12.3. The highest BCUT2D eigenvalue weighted by Crippen LogP contribution is 2.61. The first-order chi connectivity index (χ1) is 30.6. The zero-order chi connectivity index (χ0) is 44.1. The van der Waals surface area contributed by atoms with Crippen LogP contribution in [-0.2, 0) is 16.2 Å². The zero-order valence-corrected chi connectivity index (χ0v) is 38.9. The molecule has 8 aromatic rings. The molecule has 0 amide bonds. The molecule has 0 radical (unpaired) electrons. The largest absolute Gasteiger partial charge is 0.456 e. The summed E-state index contributed by atoms with van der Waals surface area (Å²) in [5.41, 5.74) is 21.0. The first-order valence-corrected chi connectivity index (χ1v) is 23.6. The summed E-state index contributed by atoms with van der Waals surface area (Å²) in [5.74, 6) is 0. The summed E-state index contributed by atoms with van der Waals surface area (Å²) >= 11 is 0. The van der Waals surface area contributed by atoms with E-state index in [9.17, 15) is 0 Å². The molecule has 4 aliphatic rings. The van der Waals surface area contributed by atoms with Crippen LogP contribution in [0.4, 0.5) is 45.5 Å². The van der Waals surface area contributed by atoms with Crippen LogP contribution in [0.1, 0.15) is 103 Å². The molecule has 4 heterocycles. The predicted molar refractivity (Wildman–Crippen MR) is 273 cm³/mol. The molecule has 2 atom stereocenters. The van der Waals surface area contributed by atoms with Gasteiger partial charge >= 0.3 is 0 Å². The van der Waals surface area contributed by atoms with Crippen LogP contribution in [0.5, 0.6) is 0 Å². The third kappa shape index (κ3) is 5.49. The highest BCUT2D eigenvalue weighted by atomic mass is 16.3. The Morgan fingerprint density at radius 2 is 1.14 bits per heavy atom. The molecule has 0 N–H and O–H groups in total. The number of nitrogens with zero attached hydrogens (tertiary/aromatic N) is 3. The van der Waals surface area contributed by atoms with Crippen LogP contribution in [0, 0.1) is 6.92 Å². The number of rotatable bonds is 3. The molecular weight excluding hydrogens is 777 g/mol. The Balaban J connectivity index is 1.14. The van der Waals surface area contributed by atoms with Crippen LogP contribution in [0.25, 0.3) is 21.9 Å². The smallest absolute Gasteiger partial charge is 0.252 e. The first kappa shape index (κ1) is 39.4. The molecule has 2 unspecified atom stereocenters. The molecule has 1 aliphatic carbocycles. The van der Waals surface area contributed by atoms with E-state index in [-0.39, 0.29) is 28.5 Å². The van der Waals surface area contributed by atoms with E-state index < -0.39 is 0 Å². The summed E-state index contributed by atoms with van der Waals surface area (Å²) < 4.78 is 6.58. The lowest BCUT2D eigenvalue weighted by Gasteiger charge is -2.50. The maximum Gasteiger partial charge on any atom is 0.252 e. The Labute approximate surface area is 379 Å². The topological polar surface area (TPSA) is 22.9 Å². The second-order valence-electron chi connectivity index (χ2n) is 21.8. The van der Waals surface area contributed by atoms with Crippen molar-refractivity contribution in [3.05, 3.63) is 162 Å². The SMILES string of the molecule is Cc1cc2c3c(c1)N(c1ccc4c(c1)oc1ccccc14)c1cc(C(C)(C)C)ccc1B3c1ccc(N3c4ccccc4C4(C)CCCCC34C)cc1N2c1cccc(C(C)(C)C)c1. The zero-order valence-electron chi connectivity index (χ0n) is 38.9. The molecular formula is C59H58BN3O. The highest BCUT2D eigenvalue weighted by molar-refractivity contribution is 7.00. The van der Waals surface area contributed by atoms with Gasteiger partial charge in [-0.2, -0.15) is 0 Å². The van der Waals surface area contributed by atoms with Gasteiger partial charge in [0, 0.05) is 67.8 Å². The number of fused-ring (bicyclic) bond motifs is 10. The minimum absolute atomic E-state index is 0.0138. The van der Waals surface area contributed by atoms with Crippen molar-refractivity contribution in [2.24, 2.45) is 0 Å². The van der Waals surface area contributed by atoms with Crippen molar-refractivity contribution in [3.8, 4) is 0 Å². The Morgan fingerprint density at radius 3 is 1.91 bits per heavy atom. The Morgan fingerprint density at radius 1 is 0.516 bits per heavy atom. The lowest BCUT2D eigenvalue weighted by molar-refractivity contribution is 0.195. The Kier molecular flexibility index (Phi) is 8.26. The van der Waals surface area contributed by atoms with Gasteiger partial charge in [-0.15, -0.1) is 0 Å². The van der Waals surface area contributed by atoms with Crippen LogP contribution in [0.15, 0.2) is 144 Å². The number of para-hydroxylation sites is 2. The van der Waals surface area contributed by atoms with Crippen molar-refractivity contribution in [2.75, 3.05) is 14.7 Å². The van der Waals surface area contributed by atoms with Crippen molar-refractivity contribution < 1.29 is 4.42 Å². The quantitative estimate of drug-likeness (QED) is 0.165. The van der Waals surface area contributed by atoms with Gasteiger partial charge < -0.3 is 19.1 Å². The second kappa shape index (κ2) is 13.4. The summed E-state index contributed by atoms with van der Waals surface area (Å²) in [4.78, 5) is 7.88. The molecule has 3 aliphatic heterocycles. The van der Waals surface area contributed by atoms with Crippen molar-refractivity contribution in [1.82, 2.24) is 0 Å². The monoisotopic (exact) mass is 835 g/mol. The third-order valence-corrected chi connectivity index (χ3v) is 15.9. The fourth-order valence-electron chi connectivity index (χ4n) is 12.3. The van der Waals surface area contributed by atoms with E-state index in [4.69, 9.17) is 4.42 Å². The van der Waals surface area contributed by atoms with Gasteiger partial charge in [-0.1, -0.05) is 128 Å². The third-order valence-electron chi connectivity index (χ3n) is 15.9. The number of benzene rings is 7. The number of hydrogen-bond acceptors (Lipinski definition) is 4. The van der Waals surface area contributed by atoms with Crippen LogP contribution >= 0.6 is 0 Å². The number of furan rings is 1. The van der Waals surface area contributed by atoms with Crippen molar-refractivity contribution >= 4 is 90.5 Å². The summed E-state index contributed by atoms with van der Waals surface area (Å²) in [6.45, 7) is 21.3. The summed E-state index contributed by atoms with van der Waals surface area (Å²) in [5, 5.41) is 2.29. The van der Waals surface area contributed by atoms with Crippen molar-refractivity contribution in [2.45, 2.75) is 110 Å². The Hall–Kier alpha value is -6.20. The average molecular weight is 836 g/mol. The van der Waals surface area contributed by atoms with Crippen molar-refractivity contribution in [1.29, 1.82) is 0 Å². The normalized spacial score (nSPS) is 20.0. The molecule has 12 rings (SSSR count). The highest BCUT2D eigenvalue weighted by Gasteiger charge is 2.57. The number of anilines is 8. The van der Waals surface area contributed by atoms with Crippen LogP contribution in [0.2, 0.25) is 0 Å². The van der Waals surface area contributed by atoms with E-state index in [1.807, 2.05) is 0 Å². The number of aryl methyl sites for hydroxylation is 1. The molecule has 1 aromatic heterocycles. The molecule has 1 fully saturated rings. The van der Waals surface area contributed by atoms with Gasteiger partial charge in [-0.3, -0.25) is 0 Å². The van der Waals surface area contributed by atoms with Crippen molar-refractivity contribution in [3.63, 3.8) is 0 Å². The van der Waals surface area contributed by atoms with Crippen LogP contribution < -0.4 is 31.1 Å². The molecule has 0 bridgehead atoms. The molecule has 318 valence electrons. The van der Waals surface area contributed by atoms with Gasteiger partial charge in [0.05, 0.1) is 5.54 Å². The maximum absolute atomic E-state index is 6.58. The van der Waals surface area contributed by atoms with E-state index in [0.717, 1.165) is 27.6 Å². The van der Waals surface area contributed by atoms with E-state index in [1.54, 1.807) is 0 Å². The van der Waals surface area contributed by atoms with Crippen LogP contribution in [-0.4, -0.2) is 12.3 Å². The summed E-state index contributed by atoms with van der Waals surface area (Å²) in [6.07, 6.45) is 4.89. The lowest BCUT2D eigenvalue weighted by Crippen LogP contribution is -2.61. The lowest BCUT2D eigenvalue weighted by atomic mass is 9.33. The average Bonchev–Trinajstić information content (AvgIpc) is 3.74. The van der Waals surface area contributed by atoms with Gasteiger partial charge in [-0.25, -0.2) is 0 Å². The second-order valence-corrected chi connectivity index (χ2v) is 21.8. The summed E-state index contributed by atoms with van der Waals surface area (Å²) in [6, 6.07) is 53.5. The van der Waals surface area contributed by atoms with E-state index in [0.29, 0.717) is 0 Å². The number of hydrogen-bond donors (Lipinski definition) is 0. The fraction of sp³-hybridized carbons (Fsp3) is 0.288. The molecule has 4 nitrogen and oxygen atoms in total. The summed E-state index contributed by atoms with van der Waals surface area (Å²) in [7, 11) is 0. The minimum atomic E-state index is -0.0429. The molecule has 5 heteroatoms. The molecule has 1 saturated carbocycles. The van der Waals surface area contributed by atoms with Gasteiger partial charge in [0.1, 0.15) is 11.2 Å². The van der Waals surface area contributed by atoms with Crippen LogP contribution in [0.3, 0.4) is 0 Å². The predicted octanol–water partition coefficient (Wildman–Crippen LogP) is 14.3.